The Morgan fingerprint density at radius 1 is 1.53 bits per heavy atom. The second kappa shape index (κ2) is 6.16. The summed E-state index contributed by atoms with van der Waals surface area (Å²) in [7, 11) is 2.05. The summed E-state index contributed by atoms with van der Waals surface area (Å²) in [5.74, 6) is -0.0849. The van der Waals surface area contributed by atoms with Crippen molar-refractivity contribution in [1.29, 1.82) is 0 Å². The number of hydrogen-bond donors (Lipinski definition) is 3. The Morgan fingerprint density at radius 3 is 3.05 bits per heavy atom. The molecule has 1 aromatic heterocycles. The third-order valence-corrected chi connectivity index (χ3v) is 3.65. The molecule has 0 aliphatic carbocycles. The van der Waals surface area contributed by atoms with Crippen molar-refractivity contribution in [3.63, 3.8) is 0 Å². The fraction of sp³-hybridized carbons (Fsp3) is 0.692. The molecule has 0 aromatic carbocycles. The molecular formula is C13H23N5O. The second-order valence-corrected chi connectivity index (χ2v) is 5.29. The molecule has 2 heterocycles. The average molecular weight is 265 g/mol. The minimum Gasteiger partial charge on any atom is -0.349 e. The number of H-pyrrole nitrogens is 1. The molecule has 1 aromatic rings. The molecule has 0 unspecified atom stereocenters. The lowest BCUT2D eigenvalue weighted by molar-refractivity contribution is 0.0942. The van der Waals surface area contributed by atoms with Crippen LogP contribution in [0.25, 0.3) is 0 Å². The summed E-state index contributed by atoms with van der Waals surface area (Å²) in [6, 6.07) is 0.485. The normalized spacial score (nSPS) is 14.8. The topological polar surface area (TPSA) is 73.0 Å². The van der Waals surface area contributed by atoms with Crippen LogP contribution < -0.4 is 10.6 Å². The van der Waals surface area contributed by atoms with Crippen LogP contribution in [-0.4, -0.2) is 53.7 Å². The van der Waals surface area contributed by atoms with Crippen LogP contribution in [0.4, 0.5) is 0 Å². The van der Waals surface area contributed by atoms with Gasteiger partial charge in [-0.15, -0.1) is 0 Å². The van der Waals surface area contributed by atoms with Crippen molar-refractivity contribution >= 4 is 5.91 Å². The van der Waals surface area contributed by atoms with E-state index in [1.165, 1.54) is 0 Å². The quantitative estimate of drug-likeness (QED) is 0.707. The Morgan fingerprint density at radius 2 is 2.32 bits per heavy atom. The van der Waals surface area contributed by atoms with Crippen LogP contribution >= 0.6 is 0 Å². The van der Waals surface area contributed by atoms with Gasteiger partial charge in [-0.2, -0.15) is 5.10 Å². The summed E-state index contributed by atoms with van der Waals surface area (Å²) in [6.07, 6.45) is 0.908. The molecule has 19 heavy (non-hydrogen) atoms. The largest absolute Gasteiger partial charge is 0.349 e. The molecule has 1 amide bonds. The third-order valence-electron chi connectivity index (χ3n) is 3.65. The van der Waals surface area contributed by atoms with Crippen molar-refractivity contribution in [1.82, 2.24) is 25.7 Å². The lowest BCUT2D eigenvalue weighted by Crippen LogP contribution is -2.36. The zero-order chi connectivity index (χ0) is 13.8. The third kappa shape index (κ3) is 3.33. The highest BCUT2D eigenvalue weighted by Gasteiger charge is 2.21. The van der Waals surface area contributed by atoms with Gasteiger partial charge in [0.15, 0.2) is 5.69 Å². The van der Waals surface area contributed by atoms with Crippen LogP contribution in [0, 0.1) is 0 Å². The zero-order valence-corrected chi connectivity index (χ0v) is 11.9. The summed E-state index contributed by atoms with van der Waals surface area (Å²) in [6.45, 7) is 7.42. The van der Waals surface area contributed by atoms with Crippen LogP contribution in [0.5, 0.6) is 0 Å². The SMILES string of the molecule is CC(C)N(C)CCNC(=O)c1n[nH]c2c1CNCC2. The first kappa shape index (κ1) is 14.0. The van der Waals surface area contributed by atoms with Crippen molar-refractivity contribution in [2.45, 2.75) is 32.9 Å². The molecule has 0 bridgehead atoms. The van der Waals surface area contributed by atoms with Gasteiger partial charge in [0.1, 0.15) is 0 Å². The lowest BCUT2D eigenvalue weighted by Gasteiger charge is -2.20. The fourth-order valence-corrected chi connectivity index (χ4v) is 2.10. The number of rotatable bonds is 5. The maximum absolute atomic E-state index is 12.1. The van der Waals surface area contributed by atoms with Gasteiger partial charge in [0.05, 0.1) is 0 Å². The van der Waals surface area contributed by atoms with Crippen molar-refractivity contribution in [3.05, 3.63) is 17.0 Å². The summed E-state index contributed by atoms with van der Waals surface area (Å²) in [5.41, 5.74) is 2.64. The van der Waals surface area contributed by atoms with E-state index >= 15 is 0 Å². The average Bonchev–Trinajstić information content (AvgIpc) is 2.82. The smallest absolute Gasteiger partial charge is 0.272 e. The van der Waals surface area contributed by atoms with Crippen LogP contribution in [0.1, 0.15) is 35.6 Å². The Kier molecular flexibility index (Phi) is 4.55. The molecule has 0 atom stereocenters. The van der Waals surface area contributed by atoms with Gasteiger partial charge in [-0.25, -0.2) is 0 Å². The number of nitrogens with zero attached hydrogens (tertiary/aromatic N) is 2. The van der Waals surface area contributed by atoms with Gasteiger partial charge in [-0.3, -0.25) is 9.89 Å². The van der Waals surface area contributed by atoms with E-state index in [0.29, 0.717) is 18.3 Å². The first-order valence-electron chi connectivity index (χ1n) is 6.85. The summed E-state index contributed by atoms with van der Waals surface area (Å²) in [5, 5.41) is 13.3. The molecule has 1 aliphatic rings. The van der Waals surface area contributed by atoms with Gasteiger partial charge >= 0.3 is 0 Å². The van der Waals surface area contributed by atoms with Gasteiger partial charge in [0.2, 0.25) is 0 Å². The highest BCUT2D eigenvalue weighted by molar-refractivity contribution is 5.94. The minimum absolute atomic E-state index is 0.0849. The predicted octanol–water partition coefficient (Wildman–Crippen LogP) is 0.125. The lowest BCUT2D eigenvalue weighted by atomic mass is 10.1. The van der Waals surface area contributed by atoms with Crippen LogP contribution in [0.2, 0.25) is 0 Å². The first-order valence-corrected chi connectivity index (χ1v) is 6.85. The fourth-order valence-electron chi connectivity index (χ4n) is 2.10. The molecular weight excluding hydrogens is 242 g/mol. The number of fused-ring (bicyclic) bond motifs is 1. The number of nitrogens with one attached hydrogen (secondary N) is 3. The van der Waals surface area contributed by atoms with Crippen LogP contribution in [0.15, 0.2) is 0 Å². The standard InChI is InChI=1S/C13H23N5O/c1-9(2)18(3)7-6-15-13(19)12-10-8-14-5-4-11(10)16-17-12/h9,14H,4-8H2,1-3H3,(H,15,19)(H,16,17). The summed E-state index contributed by atoms with van der Waals surface area (Å²) < 4.78 is 0. The molecule has 1 aliphatic heterocycles. The minimum atomic E-state index is -0.0849. The van der Waals surface area contributed by atoms with E-state index in [-0.39, 0.29) is 5.91 Å². The first-order chi connectivity index (χ1) is 9.09. The van der Waals surface area contributed by atoms with E-state index in [1.54, 1.807) is 0 Å². The van der Waals surface area contributed by atoms with Crippen molar-refractivity contribution < 1.29 is 4.79 Å². The maximum Gasteiger partial charge on any atom is 0.272 e. The Labute approximate surface area is 113 Å². The number of aromatic nitrogens is 2. The van der Waals surface area contributed by atoms with E-state index in [0.717, 1.165) is 37.3 Å². The number of carbonyl (C=O) groups is 1. The Bertz CT molecular complexity index is 440. The molecule has 3 N–H and O–H groups in total. The molecule has 6 nitrogen and oxygen atoms in total. The zero-order valence-electron chi connectivity index (χ0n) is 11.9. The van der Waals surface area contributed by atoms with Crippen molar-refractivity contribution in [3.8, 4) is 0 Å². The molecule has 0 saturated carbocycles. The maximum atomic E-state index is 12.1. The van der Waals surface area contributed by atoms with E-state index in [4.69, 9.17) is 0 Å². The predicted molar refractivity (Wildman–Crippen MR) is 74.1 cm³/mol. The number of aromatic amines is 1. The molecule has 0 radical (unpaired) electrons. The van der Waals surface area contributed by atoms with E-state index in [9.17, 15) is 4.79 Å². The number of likely N-dealkylation sites (N-methyl/N-ethyl adjacent to an activating group) is 1. The van der Waals surface area contributed by atoms with Crippen LogP contribution in [-0.2, 0) is 13.0 Å². The van der Waals surface area contributed by atoms with E-state index < -0.39 is 0 Å². The van der Waals surface area contributed by atoms with E-state index in [1.807, 2.05) is 0 Å². The number of carbonyl (C=O) groups excluding carboxylic acids is 1. The highest BCUT2D eigenvalue weighted by Crippen LogP contribution is 2.14. The van der Waals surface area contributed by atoms with Gasteiger partial charge in [-0.1, -0.05) is 0 Å². The summed E-state index contributed by atoms with van der Waals surface area (Å²) in [4.78, 5) is 14.3. The number of hydrogen-bond acceptors (Lipinski definition) is 4. The Hall–Kier alpha value is -1.40. The molecule has 106 valence electrons. The molecule has 6 heteroatoms. The molecule has 2 rings (SSSR count). The molecule has 0 spiro atoms. The van der Waals surface area contributed by atoms with Gasteiger partial charge in [0, 0.05) is 49.9 Å². The number of amides is 1. The highest BCUT2D eigenvalue weighted by atomic mass is 16.1. The summed E-state index contributed by atoms with van der Waals surface area (Å²) >= 11 is 0. The van der Waals surface area contributed by atoms with Gasteiger partial charge in [-0.05, 0) is 20.9 Å². The molecule has 0 fully saturated rings. The van der Waals surface area contributed by atoms with Crippen molar-refractivity contribution in [2.75, 3.05) is 26.7 Å². The second-order valence-electron chi connectivity index (χ2n) is 5.29. The Balaban J connectivity index is 1.88. The van der Waals surface area contributed by atoms with Gasteiger partial charge < -0.3 is 15.5 Å². The van der Waals surface area contributed by atoms with Crippen molar-refractivity contribution in [2.24, 2.45) is 0 Å². The van der Waals surface area contributed by atoms with Crippen LogP contribution in [0.3, 0.4) is 0 Å². The monoisotopic (exact) mass is 265 g/mol. The molecule has 0 saturated heterocycles. The van der Waals surface area contributed by atoms with Gasteiger partial charge in [0.25, 0.3) is 5.91 Å². The van der Waals surface area contributed by atoms with E-state index in [2.05, 4.69) is 46.6 Å².